The van der Waals surface area contributed by atoms with Gasteiger partial charge in [0.15, 0.2) is 5.16 Å². The number of benzene rings is 2. The van der Waals surface area contributed by atoms with Gasteiger partial charge in [-0.3, -0.25) is 18.6 Å². The number of ether oxygens (including phenoxy) is 1. The van der Waals surface area contributed by atoms with E-state index in [-0.39, 0.29) is 11.5 Å². The van der Waals surface area contributed by atoms with Crippen molar-refractivity contribution in [2.75, 3.05) is 26.8 Å². The second kappa shape index (κ2) is 10.6. The van der Waals surface area contributed by atoms with Gasteiger partial charge in [-0.05, 0) is 43.4 Å². The molecular formula is C26H29N5O3S. The lowest BCUT2D eigenvalue weighted by molar-refractivity contribution is -0.131. The minimum absolute atomic E-state index is 0.0929. The van der Waals surface area contributed by atoms with Crippen molar-refractivity contribution in [1.82, 2.24) is 24.1 Å². The predicted octanol–water partition coefficient (Wildman–Crippen LogP) is 3.93. The fraction of sp³-hybridized carbons (Fsp3) is 0.385. The number of hydrogen-bond acceptors (Lipinski definition) is 6. The predicted molar refractivity (Wildman–Crippen MR) is 137 cm³/mol. The Balaban J connectivity index is 1.61. The number of thioether (sulfide) groups is 1. The van der Waals surface area contributed by atoms with Crippen LogP contribution in [0.25, 0.3) is 16.7 Å². The number of aromatic nitrogens is 4. The number of nitrogens with zero attached hydrogens (tertiary/aromatic N) is 5. The number of amides is 1. The molecular weight excluding hydrogens is 462 g/mol. The number of carbonyl (C=O) groups excluding carboxylic acids is 1. The number of rotatable bonds is 8. The molecule has 5 rings (SSSR count). The van der Waals surface area contributed by atoms with E-state index in [1.807, 2.05) is 63.9 Å². The lowest BCUT2D eigenvalue weighted by Gasteiger charge is -2.30. The van der Waals surface area contributed by atoms with Crippen LogP contribution >= 0.6 is 11.8 Å². The zero-order valence-corrected chi connectivity index (χ0v) is 20.6. The van der Waals surface area contributed by atoms with Gasteiger partial charge in [0.05, 0.1) is 10.9 Å². The van der Waals surface area contributed by atoms with Crippen LogP contribution in [0.1, 0.15) is 36.5 Å². The van der Waals surface area contributed by atoms with E-state index in [9.17, 15) is 9.59 Å². The van der Waals surface area contributed by atoms with Gasteiger partial charge < -0.3 is 9.64 Å². The number of carbonyl (C=O) groups is 1. The van der Waals surface area contributed by atoms with E-state index in [1.165, 1.54) is 11.8 Å². The molecule has 182 valence electrons. The summed E-state index contributed by atoms with van der Waals surface area (Å²) >= 11 is 1.40. The van der Waals surface area contributed by atoms with Crippen LogP contribution in [0.15, 0.2) is 64.5 Å². The SMILES string of the molecule is COCCCn1c(=O)c2ccccc2n2c(SC(C(=O)N3CCCCC3)c3ccccc3)nnc12. The number of piperidine rings is 1. The molecule has 1 atom stereocenters. The fourth-order valence-corrected chi connectivity index (χ4v) is 5.78. The minimum Gasteiger partial charge on any atom is -0.385 e. The highest BCUT2D eigenvalue weighted by Crippen LogP contribution is 2.37. The highest BCUT2D eigenvalue weighted by atomic mass is 32.2. The van der Waals surface area contributed by atoms with Crippen LogP contribution in [-0.4, -0.2) is 56.8 Å². The Labute approximate surface area is 207 Å². The first-order valence-corrected chi connectivity index (χ1v) is 12.9. The van der Waals surface area contributed by atoms with Gasteiger partial charge in [-0.25, -0.2) is 0 Å². The van der Waals surface area contributed by atoms with Gasteiger partial charge in [-0.1, -0.05) is 54.2 Å². The third kappa shape index (κ3) is 4.70. The monoisotopic (exact) mass is 491 g/mol. The van der Waals surface area contributed by atoms with Gasteiger partial charge in [0.25, 0.3) is 5.56 Å². The molecule has 1 aliphatic heterocycles. The van der Waals surface area contributed by atoms with E-state index in [0.29, 0.717) is 35.9 Å². The van der Waals surface area contributed by atoms with Crippen LogP contribution in [0.5, 0.6) is 0 Å². The van der Waals surface area contributed by atoms with Crippen LogP contribution in [0.2, 0.25) is 0 Å². The number of likely N-dealkylation sites (tertiary alicyclic amines) is 1. The summed E-state index contributed by atoms with van der Waals surface area (Å²) < 4.78 is 8.75. The molecule has 1 aliphatic rings. The molecule has 0 saturated carbocycles. The standard InChI is InChI=1S/C26H29N5O3S/c1-34-18-10-17-30-23(32)20-13-6-7-14-21(20)31-25(30)27-28-26(31)35-22(19-11-4-2-5-12-19)24(33)29-15-8-3-9-16-29/h2,4-7,11-14,22H,3,8-10,15-18H2,1H3. The van der Waals surface area contributed by atoms with Crippen LogP contribution in [0.4, 0.5) is 0 Å². The lowest BCUT2D eigenvalue weighted by Crippen LogP contribution is -2.38. The second-order valence-electron chi connectivity index (χ2n) is 8.73. The number of methoxy groups -OCH3 is 1. The van der Waals surface area contributed by atoms with Crippen molar-refractivity contribution in [3.8, 4) is 0 Å². The van der Waals surface area contributed by atoms with E-state index in [1.54, 1.807) is 11.7 Å². The average Bonchev–Trinajstić information content (AvgIpc) is 3.33. The Kier molecular flexibility index (Phi) is 7.15. The average molecular weight is 492 g/mol. The first-order chi connectivity index (χ1) is 17.2. The van der Waals surface area contributed by atoms with Crippen molar-refractivity contribution < 1.29 is 9.53 Å². The maximum absolute atomic E-state index is 13.7. The summed E-state index contributed by atoms with van der Waals surface area (Å²) in [6, 6.07) is 17.3. The molecule has 0 aliphatic carbocycles. The highest BCUT2D eigenvalue weighted by Gasteiger charge is 2.30. The van der Waals surface area contributed by atoms with Crippen LogP contribution in [0, 0.1) is 0 Å². The number of para-hydroxylation sites is 1. The zero-order valence-electron chi connectivity index (χ0n) is 19.8. The summed E-state index contributed by atoms with van der Waals surface area (Å²) in [6.07, 6.45) is 3.91. The molecule has 0 N–H and O–H groups in total. The molecule has 0 bridgehead atoms. The first-order valence-electron chi connectivity index (χ1n) is 12.0. The maximum atomic E-state index is 13.7. The van der Waals surface area contributed by atoms with Crippen molar-refractivity contribution in [3.05, 3.63) is 70.5 Å². The van der Waals surface area contributed by atoms with Gasteiger partial charge in [0, 0.05) is 33.4 Å². The molecule has 4 aromatic rings. The summed E-state index contributed by atoms with van der Waals surface area (Å²) in [4.78, 5) is 28.9. The molecule has 3 heterocycles. The van der Waals surface area contributed by atoms with Gasteiger partial charge in [-0.2, -0.15) is 0 Å². The topological polar surface area (TPSA) is 81.7 Å². The Bertz CT molecular complexity index is 1380. The summed E-state index contributed by atoms with van der Waals surface area (Å²) in [7, 11) is 1.65. The molecule has 1 amide bonds. The lowest BCUT2D eigenvalue weighted by atomic mass is 10.1. The van der Waals surface area contributed by atoms with Gasteiger partial charge in [-0.15, -0.1) is 10.2 Å². The molecule has 2 aromatic heterocycles. The Morgan fingerprint density at radius 3 is 2.54 bits per heavy atom. The Morgan fingerprint density at radius 1 is 1.03 bits per heavy atom. The third-order valence-electron chi connectivity index (χ3n) is 6.43. The molecule has 0 spiro atoms. The molecule has 0 radical (unpaired) electrons. The quantitative estimate of drug-likeness (QED) is 0.274. The zero-order chi connectivity index (χ0) is 24.2. The molecule has 1 unspecified atom stereocenters. The largest absolute Gasteiger partial charge is 0.385 e. The normalized spacial score (nSPS) is 15.1. The summed E-state index contributed by atoms with van der Waals surface area (Å²) in [5.41, 5.74) is 1.57. The highest BCUT2D eigenvalue weighted by molar-refractivity contribution is 8.00. The van der Waals surface area contributed by atoms with Gasteiger partial charge >= 0.3 is 0 Å². The summed E-state index contributed by atoms with van der Waals surface area (Å²) in [5.74, 6) is 0.569. The molecule has 8 nitrogen and oxygen atoms in total. The number of hydrogen-bond donors (Lipinski definition) is 0. The first kappa shape index (κ1) is 23.6. The van der Waals surface area contributed by atoms with E-state index >= 15 is 0 Å². The van der Waals surface area contributed by atoms with Crippen LogP contribution in [0.3, 0.4) is 0 Å². The molecule has 35 heavy (non-hydrogen) atoms. The van der Waals surface area contributed by atoms with Crippen molar-refractivity contribution in [2.45, 2.75) is 42.6 Å². The Hall–Kier alpha value is -3.17. The van der Waals surface area contributed by atoms with Gasteiger partial charge in [0.1, 0.15) is 5.25 Å². The van der Waals surface area contributed by atoms with Gasteiger partial charge in [0.2, 0.25) is 11.7 Å². The van der Waals surface area contributed by atoms with Crippen LogP contribution in [-0.2, 0) is 16.1 Å². The third-order valence-corrected chi connectivity index (χ3v) is 7.61. The minimum atomic E-state index is -0.450. The van der Waals surface area contributed by atoms with Crippen molar-refractivity contribution in [3.63, 3.8) is 0 Å². The number of fused-ring (bicyclic) bond motifs is 3. The van der Waals surface area contributed by atoms with E-state index in [4.69, 9.17) is 4.74 Å². The molecule has 2 aromatic carbocycles. The summed E-state index contributed by atoms with van der Waals surface area (Å²) in [6.45, 7) is 2.58. The Morgan fingerprint density at radius 2 is 1.77 bits per heavy atom. The maximum Gasteiger partial charge on any atom is 0.262 e. The van der Waals surface area contributed by atoms with Crippen LogP contribution < -0.4 is 5.56 Å². The molecule has 9 heteroatoms. The summed E-state index contributed by atoms with van der Waals surface area (Å²) in [5, 5.41) is 9.64. The smallest absolute Gasteiger partial charge is 0.262 e. The van der Waals surface area contributed by atoms with E-state index < -0.39 is 5.25 Å². The van der Waals surface area contributed by atoms with Crippen molar-refractivity contribution >= 4 is 34.3 Å². The van der Waals surface area contributed by atoms with E-state index in [0.717, 1.165) is 43.4 Å². The molecule has 1 fully saturated rings. The number of aryl methyl sites for hydroxylation is 1. The van der Waals surface area contributed by atoms with Crippen molar-refractivity contribution in [2.24, 2.45) is 0 Å². The fourth-order valence-electron chi connectivity index (χ4n) is 4.65. The molecule has 1 saturated heterocycles. The second-order valence-corrected chi connectivity index (χ2v) is 9.81. The van der Waals surface area contributed by atoms with E-state index in [2.05, 4.69) is 10.2 Å². The van der Waals surface area contributed by atoms with Crippen molar-refractivity contribution in [1.29, 1.82) is 0 Å².